The fourth-order valence-electron chi connectivity index (χ4n) is 3.84. The fraction of sp³-hybridized carbons (Fsp3) is 0.444. The van der Waals surface area contributed by atoms with Crippen molar-refractivity contribution in [2.75, 3.05) is 11.4 Å². The van der Waals surface area contributed by atoms with Gasteiger partial charge in [-0.2, -0.15) is 0 Å². The maximum absolute atomic E-state index is 4.96. The van der Waals surface area contributed by atoms with Gasteiger partial charge in [-0.3, -0.25) is 0 Å². The normalized spacial score (nSPS) is 28.8. The molecule has 3 nitrogen and oxygen atoms in total. The van der Waals surface area contributed by atoms with Crippen molar-refractivity contribution in [1.29, 1.82) is 0 Å². The Balaban J connectivity index is 1.68. The predicted molar refractivity (Wildman–Crippen MR) is 83.4 cm³/mol. The van der Waals surface area contributed by atoms with Crippen LogP contribution in [0.3, 0.4) is 0 Å². The number of rotatable bonds is 2. The Hall–Kier alpha value is -1.90. The maximum Gasteiger partial charge on any atom is 0.226 e. The summed E-state index contributed by atoms with van der Waals surface area (Å²) in [6.45, 7) is 3.37. The Labute approximate surface area is 125 Å². The molecule has 0 bridgehead atoms. The average Bonchev–Trinajstić information content (AvgIpc) is 3.19. The zero-order chi connectivity index (χ0) is 14.0. The summed E-state index contributed by atoms with van der Waals surface area (Å²) in [5.41, 5.74) is 5.19. The Bertz CT molecular complexity index is 710. The van der Waals surface area contributed by atoms with E-state index in [0.29, 0.717) is 6.04 Å². The highest BCUT2D eigenvalue weighted by molar-refractivity contribution is 5.68. The van der Waals surface area contributed by atoms with E-state index in [1.165, 1.54) is 41.8 Å². The van der Waals surface area contributed by atoms with E-state index >= 15 is 0 Å². The number of benzene rings is 1. The van der Waals surface area contributed by atoms with Gasteiger partial charge < -0.3 is 4.90 Å². The molecule has 0 spiro atoms. The van der Waals surface area contributed by atoms with Gasteiger partial charge in [0.1, 0.15) is 0 Å². The van der Waals surface area contributed by atoms with Crippen LogP contribution in [0.2, 0.25) is 0 Å². The molecule has 0 amide bonds. The lowest BCUT2D eigenvalue weighted by Crippen LogP contribution is -2.46. The number of anilines is 1. The van der Waals surface area contributed by atoms with Crippen LogP contribution in [0, 0.1) is 5.92 Å². The second kappa shape index (κ2) is 4.06. The van der Waals surface area contributed by atoms with Crippen LogP contribution in [0.4, 0.5) is 5.95 Å². The van der Waals surface area contributed by atoms with E-state index in [0.717, 1.165) is 24.3 Å². The number of hydrogen-bond donors (Lipinski definition) is 0. The molecule has 2 aromatic rings. The van der Waals surface area contributed by atoms with Gasteiger partial charge >= 0.3 is 0 Å². The lowest BCUT2D eigenvalue weighted by atomic mass is 10.0. The molecular weight excluding hydrogens is 258 g/mol. The number of hydrogen-bond acceptors (Lipinski definition) is 3. The van der Waals surface area contributed by atoms with E-state index in [4.69, 9.17) is 9.97 Å². The lowest BCUT2D eigenvalue weighted by Gasteiger charge is -2.39. The van der Waals surface area contributed by atoms with Crippen molar-refractivity contribution in [3.63, 3.8) is 0 Å². The van der Waals surface area contributed by atoms with Crippen LogP contribution < -0.4 is 4.90 Å². The first-order valence-electron chi connectivity index (χ1n) is 8.04. The number of nitrogens with zero attached hydrogens (tertiary/aromatic N) is 3. The maximum atomic E-state index is 4.96. The molecule has 21 heavy (non-hydrogen) atoms. The minimum absolute atomic E-state index is 0.586. The molecule has 0 radical (unpaired) electrons. The van der Waals surface area contributed by atoms with Gasteiger partial charge in [0.05, 0.1) is 11.4 Å². The molecule has 106 valence electrons. The molecule has 5 rings (SSSR count). The van der Waals surface area contributed by atoms with E-state index in [-0.39, 0.29) is 0 Å². The Morgan fingerprint density at radius 1 is 1.14 bits per heavy atom. The summed E-state index contributed by atoms with van der Waals surface area (Å²) in [7, 11) is 0. The summed E-state index contributed by atoms with van der Waals surface area (Å²) in [6, 6.07) is 11.2. The molecule has 3 aliphatic rings. The van der Waals surface area contributed by atoms with Gasteiger partial charge in [0, 0.05) is 29.6 Å². The molecule has 1 aromatic heterocycles. The van der Waals surface area contributed by atoms with Crippen LogP contribution >= 0.6 is 0 Å². The van der Waals surface area contributed by atoms with E-state index in [1.54, 1.807) is 0 Å². The zero-order valence-corrected chi connectivity index (χ0v) is 12.3. The third-order valence-electron chi connectivity index (χ3n) is 5.39. The van der Waals surface area contributed by atoms with Crippen LogP contribution in [0.1, 0.15) is 36.9 Å². The van der Waals surface area contributed by atoms with Gasteiger partial charge in [-0.1, -0.05) is 30.3 Å². The second-order valence-corrected chi connectivity index (χ2v) is 6.74. The summed E-state index contributed by atoms with van der Waals surface area (Å²) < 4.78 is 0. The third-order valence-corrected chi connectivity index (χ3v) is 5.39. The topological polar surface area (TPSA) is 29.0 Å². The van der Waals surface area contributed by atoms with Gasteiger partial charge in [-0.05, 0) is 32.1 Å². The second-order valence-electron chi connectivity index (χ2n) is 6.74. The van der Waals surface area contributed by atoms with Crippen molar-refractivity contribution in [2.24, 2.45) is 5.92 Å². The molecule has 0 N–H and O–H groups in total. The van der Waals surface area contributed by atoms with E-state index < -0.39 is 0 Å². The molecule has 2 fully saturated rings. The summed E-state index contributed by atoms with van der Waals surface area (Å²) in [5.74, 6) is 2.53. The van der Waals surface area contributed by atoms with Gasteiger partial charge in [-0.25, -0.2) is 9.97 Å². The van der Waals surface area contributed by atoms with Crippen molar-refractivity contribution >= 4 is 5.95 Å². The predicted octanol–water partition coefficient (Wildman–Crippen LogP) is 3.40. The molecule has 3 atom stereocenters. The van der Waals surface area contributed by atoms with Crippen molar-refractivity contribution in [2.45, 2.75) is 38.1 Å². The van der Waals surface area contributed by atoms with Crippen LogP contribution in [0.5, 0.6) is 0 Å². The summed E-state index contributed by atoms with van der Waals surface area (Å²) in [4.78, 5) is 12.3. The summed E-state index contributed by atoms with van der Waals surface area (Å²) in [5, 5.41) is 0. The summed E-state index contributed by atoms with van der Waals surface area (Å²) in [6.07, 6.45) is 3.78. The van der Waals surface area contributed by atoms with Gasteiger partial charge in [0.2, 0.25) is 5.95 Å². The van der Waals surface area contributed by atoms with E-state index in [2.05, 4.69) is 42.2 Å². The highest BCUT2D eigenvalue weighted by Gasteiger charge is 2.48. The number of aromatic nitrogens is 2. The van der Waals surface area contributed by atoms with E-state index in [9.17, 15) is 0 Å². The van der Waals surface area contributed by atoms with Gasteiger partial charge in [0.25, 0.3) is 0 Å². The Morgan fingerprint density at radius 3 is 2.71 bits per heavy atom. The minimum atomic E-state index is 0.586. The highest BCUT2D eigenvalue weighted by Crippen LogP contribution is 2.57. The van der Waals surface area contributed by atoms with Gasteiger partial charge in [-0.15, -0.1) is 0 Å². The standard InChI is InChI=1S/C18H19N3/c1-11-7-8-21(11)18-19-16(12-5-3-2-4-6-12)15-10-13-9-14(13)17(15)20-18/h2-6,11,13-14H,7-10H2,1H3/t11-,13?,14?/m0/s1. The molecule has 1 saturated carbocycles. The Kier molecular flexibility index (Phi) is 2.27. The quantitative estimate of drug-likeness (QED) is 0.842. The van der Waals surface area contributed by atoms with Crippen LogP contribution in [-0.2, 0) is 6.42 Å². The van der Waals surface area contributed by atoms with Crippen molar-refractivity contribution < 1.29 is 0 Å². The van der Waals surface area contributed by atoms with E-state index in [1.807, 2.05) is 0 Å². The average molecular weight is 277 g/mol. The molecule has 2 unspecified atom stereocenters. The SMILES string of the molecule is C[C@H]1CCN1c1nc(-c2ccccc2)c2c(n1)C1CC1C2. The molecule has 3 heteroatoms. The largest absolute Gasteiger partial charge is 0.338 e. The highest BCUT2D eigenvalue weighted by atomic mass is 15.3. The summed E-state index contributed by atoms with van der Waals surface area (Å²) >= 11 is 0. The lowest BCUT2D eigenvalue weighted by molar-refractivity contribution is 0.470. The first kappa shape index (κ1) is 11.7. The van der Waals surface area contributed by atoms with Crippen molar-refractivity contribution in [3.8, 4) is 11.3 Å². The zero-order valence-electron chi connectivity index (χ0n) is 12.3. The molecule has 2 heterocycles. The fourth-order valence-corrected chi connectivity index (χ4v) is 3.84. The molecule has 2 aliphatic carbocycles. The molecule has 1 aromatic carbocycles. The molecule has 1 saturated heterocycles. The van der Waals surface area contributed by atoms with Gasteiger partial charge in [0.15, 0.2) is 0 Å². The Morgan fingerprint density at radius 2 is 2.00 bits per heavy atom. The first-order chi connectivity index (χ1) is 10.3. The minimum Gasteiger partial charge on any atom is -0.338 e. The van der Waals surface area contributed by atoms with Crippen LogP contribution in [-0.4, -0.2) is 22.6 Å². The number of fused-ring (bicyclic) bond motifs is 3. The molecule has 1 aliphatic heterocycles. The smallest absolute Gasteiger partial charge is 0.226 e. The van der Waals surface area contributed by atoms with Crippen molar-refractivity contribution in [1.82, 2.24) is 9.97 Å². The third kappa shape index (κ3) is 1.66. The first-order valence-corrected chi connectivity index (χ1v) is 8.04. The monoisotopic (exact) mass is 277 g/mol. The van der Waals surface area contributed by atoms with Crippen LogP contribution in [0.15, 0.2) is 30.3 Å². The van der Waals surface area contributed by atoms with Crippen LogP contribution in [0.25, 0.3) is 11.3 Å². The molecular formula is C18H19N3. The van der Waals surface area contributed by atoms with Crippen molar-refractivity contribution in [3.05, 3.63) is 41.6 Å².